The van der Waals surface area contributed by atoms with Crippen LogP contribution >= 0.6 is 0 Å². The number of fused-ring (bicyclic) bond motifs is 2. The van der Waals surface area contributed by atoms with E-state index in [4.69, 9.17) is 4.42 Å². The number of anilines is 2. The molecule has 1 heterocycles. The van der Waals surface area contributed by atoms with E-state index < -0.39 is 10.9 Å². The van der Waals surface area contributed by atoms with Gasteiger partial charge in [-0.15, -0.1) is 0 Å². The number of hydrogen-bond donors (Lipinski definition) is 2. The lowest BCUT2D eigenvalue weighted by atomic mass is 9.93. The standard InChI is InChI=1S/C17H18N2O3/c20-16-14(18-8-12-7-10-3-4-11(12)6-10)15(17(16)21)19-9-13-2-1-5-22-13/h1-5,10-12,18-19H,6-9H2/t10-,11-,12+/m0/s1. The molecule has 0 spiro atoms. The number of allylic oxidation sites excluding steroid dienone is 2. The molecule has 5 nitrogen and oxygen atoms in total. The molecule has 0 radical (unpaired) electrons. The molecule has 0 aliphatic heterocycles. The highest BCUT2D eigenvalue weighted by atomic mass is 16.3. The molecule has 22 heavy (non-hydrogen) atoms. The molecule has 0 unspecified atom stereocenters. The smallest absolute Gasteiger partial charge is 0.253 e. The van der Waals surface area contributed by atoms with Crippen molar-refractivity contribution in [3.8, 4) is 0 Å². The zero-order chi connectivity index (χ0) is 15.1. The molecule has 4 rings (SSSR count). The fraction of sp³-hybridized carbons (Fsp3) is 0.412. The summed E-state index contributed by atoms with van der Waals surface area (Å²) in [4.78, 5) is 23.5. The first kappa shape index (κ1) is 13.4. The molecule has 2 bridgehead atoms. The second kappa shape index (κ2) is 5.16. The molecular weight excluding hydrogens is 280 g/mol. The van der Waals surface area contributed by atoms with Crippen molar-refractivity contribution in [1.82, 2.24) is 0 Å². The summed E-state index contributed by atoms with van der Waals surface area (Å²) in [5.41, 5.74) is -0.0362. The Morgan fingerprint density at radius 1 is 1.09 bits per heavy atom. The molecule has 2 aliphatic carbocycles. The minimum Gasteiger partial charge on any atom is -0.467 e. The largest absolute Gasteiger partial charge is 0.467 e. The molecule has 1 saturated carbocycles. The maximum atomic E-state index is 11.8. The molecule has 2 aromatic rings. The fourth-order valence-corrected chi connectivity index (χ4v) is 3.68. The number of hydrogen-bond acceptors (Lipinski definition) is 5. The predicted octanol–water partition coefficient (Wildman–Crippen LogP) is 2.11. The molecule has 2 aliphatic rings. The normalized spacial score (nSPS) is 25.9. The first-order chi connectivity index (χ1) is 10.7. The van der Waals surface area contributed by atoms with Crippen LogP contribution in [0.5, 0.6) is 0 Å². The highest BCUT2D eigenvalue weighted by molar-refractivity contribution is 5.73. The van der Waals surface area contributed by atoms with Crippen LogP contribution in [0.1, 0.15) is 18.6 Å². The molecule has 0 saturated heterocycles. The van der Waals surface area contributed by atoms with E-state index in [-0.39, 0.29) is 0 Å². The third kappa shape index (κ3) is 2.17. The van der Waals surface area contributed by atoms with E-state index in [2.05, 4.69) is 22.8 Å². The Labute approximate surface area is 127 Å². The van der Waals surface area contributed by atoms with E-state index in [1.165, 1.54) is 12.8 Å². The molecular formula is C17H18N2O3. The van der Waals surface area contributed by atoms with E-state index in [1.54, 1.807) is 12.3 Å². The molecule has 1 fully saturated rings. The molecule has 1 aromatic heterocycles. The van der Waals surface area contributed by atoms with Crippen LogP contribution in [0.25, 0.3) is 0 Å². The molecule has 3 atom stereocenters. The van der Waals surface area contributed by atoms with Crippen LogP contribution in [0.3, 0.4) is 0 Å². The third-order valence-electron chi connectivity index (χ3n) is 4.89. The Kier molecular flexibility index (Phi) is 3.13. The second-order valence-electron chi connectivity index (χ2n) is 6.26. The van der Waals surface area contributed by atoms with Crippen molar-refractivity contribution in [2.24, 2.45) is 17.8 Å². The van der Waals surface area contributed by atoms with Gasteiger partial charge in [0.05, 0.1) is 12.8 Å². The minimum atomic E-state index is -0.443. The summed E-state index contributed by atoms with van der Waals surface area (Å²) in [5, 5.41) is 6.19. The van der Waals surface area contributed by atoms with Gasteiger partial charge in [0.2, 0.25) is 0 Å². The van der Waals surface area contributed by atoms with Gasteiger partial charge < -0.3 is 15.1 Å². The SMILES string of the molecule is O=c1c(NCc2ccco2)c(NC[C@H]2C[C@H]3C=C[C@H]2C3)c1=O. The van der Waals surface area contributed by atoms with Gasteiger partial charge in [0.15, 0.2) is 0 Å². The Morgan fingerprint density at radius 3 is 2.55 bits per heavy atom. The summed E-state index contributed by atoms with van der Waals surface area (Å²) >= 11 is 0. The zero-order valence-corrected chi connectivity index (χ0v) is 12.2. The van der Waals surface area contributed by atoms with Gasteiger partial charge in [-0.1, -0.05) is 12.2 Å². The monoisotopic (exact) mass is 298 g/mol. The Bertz CT molecular complexity index is 768. The van der Waals surface area contributed by atoms with Crippen LogP contribution in [0.4, 0.5) is 11.4 Å². The summed E-state index contributed by atoms with van der Waals surface area (Å²) in [6.07, 6.45) is 8.59. The lowest BCUT2D eigenvalue weighted by molar-refractivity contribution is 0.471. The van der Waals surface area contributed by atoms with Crippen molar-refractivity contribution < 1.29 is 4.42 Å². The van der Waals surface area contributed by atoms with Gasteiger partial charge in [-0.2, -0.15) is 0 Å². The van der Waals surface area contributed by atoms with Crippen molar-refractivity contribution in [2.45, 2.75) is 19.4 Å². The fourth-order valence-electron chi connectivity index (χ4n) is 3.68. The number of nitrogens with one attached hydrogen (secondary N) is 2. The van der Waals surface area contributed by atoms with E-state index in [0.717, 1.165) is 12.3 Å². The van der Waals surface area contributed by atoms with Gasteiger partial charge >= 0.3 is 0 Å². The van der Waals surface area contributed by atoms with Gasteiger partial charge in [0.1, 0.15) is 17.1 Å². The third-order valence-corrected chi connectivity index (χ3v) is 4.89. The van der Waals surface area contributed by atoms with Crippen molar-refractivity contribution in [2.75, 3.05) is 17.2 Å². The van der Waals surface area contributed by atoms with Crippen molar-refractivity contribution in [3.63, 3.8) is 0 Å². The van der Waals surface area contributed by atoms with E-state index >= 15 is 0 Å². The average molecular weight is 298 g/mol. The summed E-state index contributed by atoms with van der Waals surface area (Å²) in [7, 11) is 0. The van der Waals surface area contributed by atoms with E-state index in [1.807, 2.05) is 6.07 Å². The van der Waals surface area contributed by atoms with Crippen LogP contribution in [0.2, 0.25) is 0 Å². The molecule has 0 amide bonds. The Morgan fingerprint density at radius 2 is 1.91 bits per heavy atom. The van der Waals surface area contributed by atoms with Crippen LogP contribution in [0.15, 0.2) is 44.6 Å². The van der Waals surface area contributed by atoms with Gasteiger partial charge in [-0.05, 0) is 42.7 Å². The first-order valence-corrected chi connectivity index (χ1v) is 7.74. The van der Waals surface area contributed by atoms with Gasteiger partial charge in [-0.3, -0.25) is 9.59 Å². The van der Waals surface area contributed by atoms with Gasteiger partial charge in [0, 0.05) is 6.54 Å². The average Bonchev–Trinajstić information content (AvgIpc) is 3.26. The van der Waals surface area contributed by atoms with Gasteiger partial charge in [0.25, 0.3) is 10.9 Å². The van der Waals surface area contributed by atoms with E-state index in [0.29, 0.717) is 35.7 Å². The number of furan rings is 1. The van der Waals surface area contributed by atoms with Crippen LogP contribution < -0.4 is 21.5 Å². The zero-order valence-electron chi connectivity index (χ0n) is 12.2. The summed E-state index contributed by atoms with van der Waals surface area (Å²) < 4.78 is 5.22. The number of rotatable bonds is 6. The lowest BCUT2D eigenvalue weighted by Crippen LogP contribution is -2.38. The first-order valence-electron chi connectivity index (χ1n) is 7.74. The topological polar surface area (TPSA) is 71.3 Å². The molecule has 1 aromatic carbocycles. The molecule has 5 heteroatoms. The second-order valence-corrected chi connectivity index (χ2v) is 6.26. The summed E-state index contributed by atoms with van der Waals surface area (Å²) in [6, 6.07) is 3.62. The molecule has 2 N–H and O–H groups in total. The van der Waals surface area contributed by atoms with Gasteiger partial charge in [-0.25, -0.2) is 0 Å². The summed E-state index contributed by atoms with van der Waals surface area (Å²) in [6.45, 7) is 1.16. The predicted molar refractivity (Wildman–Crippen MR) is 84.7 cm³/mol. The van der Waals surface area contributed by atoms with Crippen molar-refractivity contribution >= 4 is 11.4 Å². The highest BCUT2D eigenvalue weighted by Crippen LogP contribution is 2.43. The Hall–Kier alpha value is -2.30. The maximum Gasteiger partial charge on any atom is 0.253 e. The van der Waals surface area contributed by atoms with Crippen LogP contribution in [-0.4, -0.2) is 6.54 Å². The molecule has 114 valence electrons. The quantitative estimate of drug-likeness (QED) is 0.631. The summed E-state index contributed by atoms with van der Waals surface area (Å²) in [5.74, 6) is 2.64. The van der Waals surface area contributed by atoms with Crippen LogP contribution in [0, 0.1) is 17.8 Å². The van der Waals surface area contributed by atoms with Crippen molar-refractivity contribution in [3.05, 3.63) is 56.8 Å². The Balaban J connectivity index is 1.39. The van der Waals surface area contributed by atoms with E-state index in [9.17, 15) is 9.59 Å². The minimum absolute atomic E-state index is 0.389. The highest BCUT2D eigenvalue weighted by Gasteiger charge is 2.35. The lowest BCUT2D eigenvalue weighted by Gasteiger charge is -2.21. The van der Waals surface area contributed by atoms with Crippen LogP contribution in [-0.2, 0) is 6.54 Å². The maximum absolute atomic E-state index is 11.8. The van der Waals surface area contributed by atoms with Crippen molar-refractivity contribution in [1.29, 1.82) is 0 Å².